The van der Waals surface area contributed by atoms with Crippen LogP contribution in [0.4, 0.5) is 4.39 Å². The number of rotatable bonds is 6. The highest BCUT2D eigenvalue weighted by atomic mass is 32.2. The Hall–Kier alpha value is -1.81. The number of amides is 1. The van der Waals surface area contributed by atoms with E-state index < -0.39 is 0 Å². The number of hydrogen-bond acceptors (Lipinski definition) is 2. The molecular formula is C17H18FNOS. The summed E-state index contributed by atoms with van der Waals surface area (Å²) in [4.78, 5) is 11.8. The molecule has 2 nitrogen and oxygen atoms in total. The molecule has 0 aliphatic heterocycles. The molecule has 0 fully saturated rings. The SMILES string of the molecule is Cc1cccc(CSCCNC(=O)c2ccc(F)cc2)c1. The lowest BCUT2D eigenvalue weighted by Crippen LogP contribution is -2.25. The molecule has 110 valence electrons. The van der Waals surface area contributed by atoms with Gasteiger partial charge in [0.05, 0.1) is 0 Å². The third-order valence-electron chi connectivity index (χ3n) is 2.99. The number of aryl methyl sites for hydroxylation is 1. The standard InChI is InChI=1S/C17H18FNOS/c1-13-3-2-4-14(11-13)12-21-10-9-19-17(20)15-5-7-16(18)8-6-15/h2-8,11H,9-10,12H2,1H3,(H,19,20). The van der Waals surface area contributed by atoms with Crippen molar-refractivity contribution in [1.29, 1.82) is 0 Å². The average molecular weight is 303 g/mol. The van der Waals surface area contributed by atoms with Crippen LogP contribution in [-0.4, -0.2) is 18.2 Å². The summed E-state index contributed by atoms with van der Waals surface area (Å²) in [5.74, 6) is 1.29. The van der Waals surface area contributed by atoms with Crippen molar-refractivity contribution in [3.05, 3.63) is 71.0 Å². The van der Waals surface area contributed by atoms with Crippen LogP contribution in [0, 0.1) is 12.7 Å². The van der Waals surface area contributed by atoms with Gasteiger partial charge in [-0.1, -0.05) is 29.8 Å². The number of carbonyl (C=O) groups is 1. The minimum atomic E-state index is -0.333. The predicted octanol–water partition coefficient (Wildman–Crippen LogP) is 3.80. The normalized spacial score (nSPS) is 10.4. The second-order valence-electron chi connectivity index (χ2n) is 4.80. The van der Waals surface area contributed by atoms with Gasteiger partial charge in [0, 0.05) is 23.6 Å². The first-order valence-electron chi connectivity index (χ1n) is 6.82. The van der Waals surface area contributed by atoms with Crippen LogP contribution in [0.5, 0.6) is 0 Å². The maximum Gasteiger partial charge on any atom is 0.251 e. The Balaban J connectivity index is 1.68. The van der Waals surface area contributed by atoms with Gasteiger partial charge in [-0.25, -0.2) is 4.39 Å². The largest absolute Gasteiger partial charge is 0.351 e. The highest BCUT2D eigenvalue weighted by molar-refractivity contribution is 7.98. The fraction of sp³-hybridized carbons (Fsp3) is 0.235. The monoisotopic (exact) mass is 303 g/mol. The molecule has 0 saturated carbocycles. The topological polar surface area (TPSA) is 29.1 Å². The summed E-state index contributed by atoms with van der Waals surface area (Å²) in [6.07, 6.45) is 0. The van der Waals surface area contributed by atoms with Crippen molar-refractivity contribution >= 4 is 17.7 Å². The van der Waals surface area contributed by atoms with E-state index in [4.69, 9.17) is 0 Å². The molecule has 4 heteroatoms. The first kappa shape index (κ1) is 15.6. The zero-order valence-electron chi connectivity index (χ0n) is 11.9. The maximum absolute atomic E-state index is 12.8. The highest BCUT2D eigenvalue weighted by Crippen LogP contribution is 2.13. The highest BCUT2D eigenvalue weighted by Gasteiger charge is 2.04. The Kier molecular flexibility index (Phi) is 5.81. The predicted molar refractivity (Wildman–Crippen MR) is 86.1 cm³/mol. The molecule has 21 heavy (non-hydrogen) atoms. The molecule has 0 heterocycles. The van der Waals surface area contributed by atoms with Gasteiger partial charge in [-0.15, -0.1) is 0 Å². The quantitative estimate of drug-likeness (QED) is 0.823. The van der Waals surface area contributed by atoms with Gasteiger partial charge in [-0.05, 0) is 36.8 Å². The average Bonchev–Trinajstić information content (AvgIpc) is 2.47. The van der Waals surface area contributed by atoms with Crippen LogP contribution in [0.25, 0.3) is 0 Å². The van der Waals surface area contributed by atoms with Gasteiger partial charge < -0.3 is 5.32 Å². The number of hydrogen-bond donors (Lipinski definition) is 1. The minimum Gasteiger partial charge on any atom is -0.351 e. The van der Waals surface area contributed by atoms with E-state index in [1.54, 1.807) is 11.8 Å². The molecule has 0 atom stereocenters. The van der Waals surface area contributed by atoms with Gasteiger partial charge in [0.2, 0.25) is 0 Å². The van der Waals surface area contributed by atoms with Crippen LogP contribution >= 0.6 is 11.8 Å². The van der Waals surface area contributed by atoms with E-state index in [0.717, 1.165) is 11.5 Å². The van der Waals surface area contributed by atoms with Crippen molar-refractivity contribution in [1.82, 2.24) is 5.32 Å². The van der Waals surface area contributed by atoms with Gasteiger partial charge in [-0.3, -0.25) is 4.79 Å². The molecule has 2 aromatic rings. The van der Waals surface area contributed by atoms with Crippen LogP contribution in [-0.2, 0) is 5.75 Å². The van der Waals surface area contributed by atoms with E-state index in [9.17, 15) is 9.18 Å². The molecule has 2 rings (SSSR count). The minimum absolute atomic E-state index is 0.161. The van der Waals surface area contributed by atoms with Gasteiger partial charge in [0.25, 0.3) is 5.91 Å². The van der Waals surface area contributed by atoms with Crippen molar-refractivity contribution < 1.29 is 9.18 Å². The molecule has 0 radical (unpaired) electrons. The van der Waals surface area contributed by atoms with E-state index in [0.29, 0.717) is 12.1 Å². The number of nitrogens with one attached hydrogen (secondary N) is 1. The first-order valence-corrected chi connectivity index (χ1v) is 7.97. The Morgan fingerprint density at radius 2 is 1.95 bits per heavy atom. The molecular weight excluding hydrogens is 285 g/mol. The molecule has 0 saturated heterocycles. The van der Waals surface area contributed by atoms with Gasteiger partial charge in [0.15, 0.2) is 0 Å². The first-order chi connectivity index (χ1) is 10.1. The van der Waals surface area contributed by atoms with Crippen molar-refractivity contribution in [2.75, 3.05) is 12.3 Å². The third-order valence-corrected chi connectivity index (χ3v) is 4.02. The summed E-state index contributed by atoms with van der Waals surface area (Å²) in [5.41, 5.74) is 3.04. The molecule has 0 bridgehead atoms. The number of benzene rings is 2. The van der Waals surface area contributed by atoms with E-state index >= 15 is 0 Å². The Bertz CT molecular complexity index is 598. The summed E-state index contributed by atoms with van der Waals surface area (Å²) in [6.45, 7) is 2.68. The Labute approximate surface area is 128 Å². The van der Waals surface area contributed by atoms with Gasteiger partial charge in [0.1, 0.15) is 5.82 Å². The van der Waals surface area contributed by atoms with Crippen molar-refractivity contribution in [2.24, 2.45) is 0 Å². The number of thioether (sulfide) groups is 1. The number of halogens is 1. The van der Waals surface area contributed by atoms with Gasteiger partial charge >= 0.3 is 0 Å². The summed E-state index contributed by atoms with van der Waals surface area (Å²) >= 11 is 1.78. The summed E-state index contributed by atoms with van der Waals surface area (Å²) in [7, 11) is 0. The van der Waals surface area contributed by atoms with Crippen LogP contribution in [0.3, 0.4) is 0 Å². The fourth-order valence-corrected chi connectivity index (χ4v) is 2.74. The summed E-state index contributed by atoms with van der Waals surface area (Å²) in [5, 5.41) is 2.83. The third kappa shape index (κ3) is 5.23. The second-order valence-corrected chi connectivity index (χ2v) is 5.91. The van der Waals surface area contributed by atoms with Crippen molar-refractivity contribution in [3.8, 4) is 0 Å². The molecule has 1 N–H and O–H groups in total. The fourth-order valence-electron chi connectivity index (χ4n) is 1.93. The van der Waals surface area contributed by atoms with E-state index in [2.05, 4.69) is 36.5 Å². The molecule has 2 aromatic carbocycles. The number of carbonyl (C=O) groups excluding carboxylic acids is 1. The van der Waals surface area contributed by atoms with E-state index in [1.165, 1.54) is 35.4 Å². The summed E-state index contributed by atoms with van der Waals surface area (Å²) < 4.78 is 12.8. The maximum atomic E-state index is 12.8. The smallest absolute Gasteiger partial charge is 0.251 e. The molecule has 1 amide bonds. The Morgan fingerprint density at radius 1 is 1.19 bits per heavy atom. The van der Waals surface area contributed by atoms with Crippen LogP contribution in [0.2, 0.25) is 0 Å². The lowest BCUT2D eigenvalue weighted by atomic mass is 10.2. The van der Waals surface area contributed by atoms with Crippen LogP contribution in [0.15, 0.2) is 48.5 Å². The zero-order chi connectivity index (χ0) is 15.1. The van der Waals surface area contributed by atoms with E-state index in [-0.39, 0.29) is 11.7 Å². The molecule has 0 aliphatic carbocycles. The lowest BCUT2D eigenvalue weighted by Gasteiger charge is -2.06. The Morgan fingerprint density at radius 3 is 2.67 bits per heavy atom. The zero-order valence-corrected chi connectivity index (χ0v) is 12.8. The summed E-state index contributed by atoms with van der Waals surface area (Å²) in [6, 6.07) is 14.0. The van der Waals surface area contributed by atoms with Crippen LogP contribution in [0.1, 0.15) is 21.5 Å². The second kappa shape index (κ2) is 7.84. The molecule has 0 aliphatic rings. The molecule has 0 unspecified atom stereocenters. The lowest BCUT2D eigenvalue weighted by molar-refractivity contribution is 0.0956. The molecule has 0 spiro atoms. The van der Waals surface area contributed by atoms with Crippen molar-refractivity contribution in [2.45, 2.75) is 12.7 Å². The van der Waals surface area contributed by atoms with Crippen molar-refractivity contribution in [3.63, 3.8) is 0 Å². The van der Waals surface area contributed by atoms with Gasteiger partial charge in [-0.2, -0.15) is 11.8 Å². The van der Waals surface area contributed by atoms with E-state index in [1.807, 2.05) is 0 Å². The van der Waals surface area contributed by atoms with Crippen LogP contribution < -0.4 is 5.32 Å². The molecule has 0 aromatic heterocycles.